The third-order valence-electron chi connectivity index (χ3n) is 1.49. The zero-order valence-corrected chi connectivity index (χ0v) is 10.6. The van der Waals surface area contributed by atoms with Crippen LogP contribution in [0.1, 0.15) is 26.3 Å². The molecule has 0 atom stereocenters. The molecule has 1 heteroatoms. The van der Waals surface area contributed by atoms with E-state index in [1.165, 1.54) is 5.56 Å². The first kappa shape index (κ1) is 15.5. The Balaban J connectivity index is 0. The Morgan fingerprint density at radius 2 is 1.85 bits per heavy atom. The maximum Gasteiger partial charge on any atom is 2.00 e. The molecule has 0 saturated carbocycles. The van der Waals surface area contributed by atoms with E-state index in [1.807, 2.05) is 12.1 Å². The zero-order chi connectivity index (χ0) is 8.32. The molecule has 1 rings (SSSR count). The summed E-state index contributed by atoms with van der Waals surface area (Å²) in [5.41, 5.74) is 1.68. The Hall–Kier alpha value is -0.0138. The average molecular weight is 187 g/mol. The summed E-state index contributed by atoms with van der Waals surface area (Å²) in [6, 6.07) is 11.4. The monoisotopic (exact) mass is 186 g/mol. The van der Waals surface area contributed by atoms with Gasteiger partial charge in [-0.2, -0.15) is 35.9 Å². The summed E-state index contributed by atoms with van der Waals surface area (Å²) in [6.07, 6.45) is 1.10. The minimum absolute atomic E-state index is 0. The number of benzene rings is 1. The maximum atomic E-state index is 3.22. The predicted molar refractivity (Wildman–Crippen MR) is 60.6 cm³/mol. The summed E-state index contributed by atoms with van der Waals surface area (Å²) in [5.74, 6) is 0. The summed E-state index contributed by atoms with van der Waals surface area (Å²) in [7, 11) is 0. The van der Waals surface area contributed by atoms with Gasteiger partial charge in [-0.25, -0.2) is 0 Å². The first-order valence-corrected chi connectivity index (χ1v) is 4.03. The molecular weight excluding hydrogens is 168 g/mol. The Kier molecular flexibility index (Phi) is 7.66. The molecule has 1 aromatic rings. The molecule has 13 heavy (non-hydrogen) atoms. The van der Waals surface area contributed by atoms with E-state index in [4.69, 9.17) is 0 Å². The molecule has 0 unspecified atom stereocenters. The van der Waals surface area contributed by atoms with E-state index in [0.29, 0.717) is 5.41 Å². The van der Waals surface area contributed by atoms with Gasteiger partial charge >= 0.3 is 23.1 Å². The van der Waals surface area contributed by atoms with Crippen molar-refractivity contribution in [2.24, 2.45) is 5.41 Å². The molecule has 0 radical (unpaired) electrons. The molecule has 0 aliphatic carbocycles. The van der Waals surface area contributed by atoms with Crippen molar-refractivity contribution >= 4 is 23.1 Å². The van der Waals surface area contributed by atoms with Gasteiger partial charge in [-0.1, -0.05) is 20.8 Å². The van der Waals surface area contributed by atoms with Crippen LogP contribution in [0.25, 0.3) is 0 Å². The summed E-state index contributed by atoms with van der Waals surface area (Å²) >= 11 is 0. The van der Waals surface area contributed by atoms with Crippen LogP contribution in [-0.2, 0) is 6.42 Å². The number of rotatable bonds is 1. The molecule has 68 valence electrons. The van der Waals surface area contributed by atoms with Crippen molar-refractivity contribution in [2.45, 2.75) is 27.2 Å². The Morgan fingerprint density at radius 3 is 2.23 bits per heavy atom. The quantitative estimate of drug-likeness (QED) is 0.467. The fraction of sp³-hybridized carbons (Fsp3) is 0.417. The van der Waals surface area contributed by atoms with Gasteiger partial charge in [-0.3, -0.25) is 0 Å². The summed E-state index contributed by atoms with van der Waals surface area (Å²) in [5, 5.41) is 0. The molecule has 0 aromatic heterocycles. The van der Waals surface area contributed by atoms with Crippen molar-refractivity contribution in [1.29, 1.82) is 0 Å². The molecule has 0 bridgehead atoms. The smallest absolute Gasteiger partial charge is 0.358 e. The van der Waals surface area contributed by atoms with Gasteiger partial charge in [-0.15, -0.1) is 0 Å². The van der Waals surface area contributed by atoms with Crippen LogP contribution >= 0.6 is 0 Å². The third-order valence-corrected chi connectivity index (χ3v) is 1.49. The fourth-order valence-corrected chi connectivity index (χ4v) is 1.11. The Morgan fingerprint density at radius 1 is 1.23 bits per heavy atom. The maximum absolute atomic E-state index is 3.22. The largest absolute Gasteiger partial charge is 2.00 e. The molecular formula is C12H18Mg. The van der Waals surface area contributed by atoms with Crippen molar-refractivity contribution in [3.63, 3.8) is 0 Å². The molecule has 0 nitrogen and oxygen atoms in total. The van der Waals surface area contributed by atoms with Gasteiger partial charge in [0.15, 0.2) is 0 Å². The van der Waals surface area contributed by atoms with Crippen LogP contribution in [0.15, 0.2) is 24.3 Å². The van der Waals surface area contributed by atoms with E-state index < -0.39 is 0 Å². The second kappa shape index (κ2) is 6.44. The average Bonchev–Trinajstić information content (AvgIpc) is 1.85. The topological polar surface area (TPSA) is 0 Å². The molecule has 0 spiro atoms. The van der Waals surface area contributed by atoms with Crippen LogP contribution in [0.5, 0.6) is 0 Å². The van der Waals surface area contributed by atoms with Crippen LogP contribution < -0.4 is 0 Å². The molecule has 1 aromatic carbocycles. The number of hydrogen-bond acceptors (Lipinski definition) is 0. The van der Waals surface area contributed by atoms with Crippen LogP contribution in [0, 0.1) is 18.9 Å². The normalized spacial score (nSPS) is 9.77. The number of hydrogen-bond donors (Lipinski definition) is 0. The second-order valence-corrected chi connectivity index (χ2v) is 4.13. The van der Waals surface area contributed by atoms with Crippen LogP contribution in [0.2, 0.25) is 0 Å². The predicted octanol–water partition coefficient (Wildman–Crippen LogP) is 3.14. The fourth-order valence-electron chi connectivity index (χ4n) is 1.11. The van der Waals surface area contributed by atoms with Crippen LogP contribution in [0.4, 0.5) is 0 Å². The van der Waals surface area contributed by atoms with E-state index in [2.05, 4.69) is 39.0 Å². The van der Waals surface area contributed by atoms with Gasteiger partial charge in [0.1, 0.15) is 0 Å². The van der Waals surface area contributed by atoms with E-state index in [9.17, 15) is 0 Å². The molecule has 0 saturated heterocycles. The van der Waals surface area contributed by atoms with E-state index >= 15 is 0 Å². The summed E-state index contributed by atoms with van der Waals surface area (Å²) < 4.78 is 0. The first-order valence-electron chi connectivity index (χ1n) is 4.03. The molecule has 0 amide bonds. The van der Waals surface area contributed by atoms with Crippen LogP contribution in [0.3, 0.4) is 0 Å². The van der Waals surface area contributed by atoms with Crippen molar-refractivity contribution in [3.05, 3.63) is 43.3 Å². The standard InChI is InChI=1S/C11H15.CH3.Mg/c1-11(2,3)9-10-7-5-4-6-8-10;;/h4-7H,9H2,1-3H3;1H3;/q2*-1;+2. The van der Waals surface area contributed by atoms with Gasteiger partial charge in [0.25, 0.3) is 0 Å². The van der Waals surface area contributed by atoms with Crippen molar-refractivity contribution in [3.8, 4) is 0 Å². The van der Waals surface area contributed by atoms with Gasteiger partial charge in [-0.05, 0) is 11.8 Å². The van der Waals surface area contributed by atoms with Gasteiger partial charge in [0, 0.05) is 0 Å². The third kappa shape index (κ3) is 7.09. The SMILES string of the molecule is CC(C)(C)Cc1[c-]cccc1.[CH3-].[Mg+2]. The summed E-state index contributed by atoms with van der Waals surface area (Å²) in [6.45, 7) is 6.73. The molecule has 0 fully saturated rings. The summed E-state index contributed by atoms with van der Waals surface area (Å²) in [4.78, 5) is 0. The van der Waals surface area contributed by atoms with E-state index in [-0.39, 0.29) is 30.5 Å². The second-order valence-electron chi connectivity index (χ2n) is 4.13. The van der Waals surface area contributed by atoms with Crippen molar-refractivity contribution in [2.75, 3.05) is 0 Å². The zero-order valence-electron chi connectivity index (χ0n) is 9.22. The molecule has 0 N–H and O–H groups in total. The van der Waals surface area contributed by atoms with E-state index in [0.717, 1.165) is 6.42 Å². The van der Waals surface area contributed by atoms with Gasteiger partial charge in [0.05, 0.1) is 0 Å². The Labute approximate surface area is 98.9 Å². The van der Waals surface area contributed by atoms with Crippen molar-refractivity contribution in [1.82, 2.24) is 0 Å². The van der Waals surface area contributed by atoms with Gasteiger partial charge in [0.2, 0.25) is 0 Å². The van der Waals surface area contributed by atoms with Gasteiger partial charge < -0.3 is 7.43 Å². The molecule has 0 aliphatic heterocycles. The molecule has 0 heterocycles. The van der Waals surface area contributed by atoms with Crippen LogP contribution in [-0.4, -0.2) is 23.1 Å². The Bertz CT molecular complexity index is 208. The minimum Gasteiger partial charge on any atom is -0.358 e. The molecule has 0 aliphatic rings. The minimum atomic E-state index is 0. The first-order chi connectivity index (χ1) is 5.08. The van der Waals surface area contributed by atoms with Crippen molar-refractivity contribution < 1.29 is 0 Å². The van der Waals surface area contributed by atoms with E-state index in [1.54, 1.807) is 0 Å².